The number of thiazole rings is 1. The zero-order valence-electron chi connectivity index (χ0n) is 12.2. The van der Waals surface area contributed by atoms with Crippen LogP contribution in [0.3, 0.4) is 0 Å². The zero-order chi connectivity index (χ0) is 14.1. The number of hydrogen-bond donors (Lipinski definition) is 1. The lowest BCUT2D eigenvalue weighted by molar-refractivity contribution is 0.678. The van der Waals surface area contributed by atoms with E-state index in [4.69, 9.17) is 10.7 Å². The molecule has 0 radical (unpaired) electrons. The highest BCUT2D eigenvalue weighted by Crippen LogP contribution is 2.31. The minimum absolute atomic E-state index is 0.0770. The standard InChI is InChI=1S/C17H22N2S/c1-11(2)12-7-9-13(10-8-12)16(18)17-19-14-5-3-4-6-15(14)20-17/h7-11,16H,3-6,18H2,1-2H3. The van der Waals surface area contributed by atoms with Gasteiger partial charge in [0.25, 0.3) is 0 Å². The van der Waals surface area contributed by atoms with E-state index in [-0.39, 0.29) is 6.04 Å². The Kier molecular flexibility index (Phi) is 3.90. The molecule has 1 aromatic heterocycles. The van der Waals surface area contributed by atoms with Gasteiger partial charge in [-0.25, -0.2) is 4.98 Å². The smallest absolute Gasteiger partial charge is 0.114 e. The van der Waals surface area contributed by atoms with Gasteiger partial charge in [0, 0.05) is 4.88 Å². The number of nitrogens with two attached hydrogens (primary N) is 1. The molecule has 3 rings (SSSR count). The van der Waals surface area contributed by atoms with Crippen LogP contribution in [0.4, 0.5) is 0 Å². The zero-order valence-corrected chi connectivity index (χ0v) is 13.0. The molecule has 0 aliphatic heterocycles. The number of nitrogens with zero attached hydrogens (tertiary/aromatic N) is 1. The van der Waals surface area contributed by atoms with Gasteiger partial charge in [0.2, 0.25) is 0 Å². The molecule has 2 nitrogen and oxygen atoms in total. The summed E-state index contributed by atoms with van der Waals surface area (Å²) in [5, 5.41) is 1.08. The van der Waals surface area contributed by atoms with Crippen LogP contribution in [0.1, 0.15) is 65.4 Å². The Labute approximate surface area is 125 Å². The maximum atomic E-state index is 6.40. The number of aryl methyl sites for hydroxylation is 2. The molecule has 1 aliphatic rings. The Balaban J connectivity index is 1.84. The van der Waals surface area contributed by atoms with Gasteiger partial charge in [-0.2, -0.15) is 0 Å². The molecule has 2 N–H and O–H groups in total. The molecule has 106 valence electrons. The molecule has 0 amide bonds. The summed E-state index contributed by atoms with van der Waals surface area (Å²) in [6.07, 6.45) is 4.89. The van der Waals surface area contributed by atoms with E-state index >= 15 is 0 Å². The number of hydrogen-bond acceptors (Lipinski definition) is 3. The first-order valence-corrected chi connectivity index (χ1v) is 8.30. The van der Waals surface area contributed by atoms with E-state index in [2.05, 4.69) is 38.1 Å². The van der Waals surface area contributed by atoms with Crippen LogP contribution in [0.5, 0.6) is 0 Å². The van der Waals surface area contributed by atoms with Crippen LogP contribution in [0, 0.1) is 0 Å². The topological polar surface area (TPSA) is 38.9 Å². The molecule has 3 heteroatoms. The quantitative estimate of drug-likeness (QED) is 0.918. The van der Waals surface area contributed by atoms with Crippen molar-refractivity contribution in [3.05, 3.63) is 51.0 Å². The van der Waals surface area contributed by atoms with Gasteiger partial charge in [-0.05, 0) is 42.7 Å². The molecule has 0 saturated carbocycles. The lowest BCUT2D eigenvalue weighted by atomic mass is 9.99. The van der Waals surface area contributed by atoms with E-state index in [0.717, 1.165) is 11.4 Å². The third-order valence-corrected chi connectivity index (χ3v) is 5.33. The van der Waals surface area contributed by atoms with Crippen LogP contribution >= 0.6 is 11.3 Å². The van der Waals surface area contributed by atoms with Crippen molar-refractivity contribution in [2.75, 3.05) is 0 Å². The number of benzene rings is 1. The molecule has 1 aromatic carbocycles. The highest BCUT2D eigenvalue weighted by Gasteiger charge is 2.19. The SMILES string of the molecule is CC(C)c1ccc(C(N)c2nc3c(s2)CCCC3)cc1. The maximum absolute atomic E-state index is 6.40. The summed E-state index contributed by atoms with van der Waals surface area (Å²) in [7, 11) is 0. The molecule has 0 saturated heterocycles. The second-order valence-electron chi connectivity index (χ2n) is 5.93. The molecule has 0 bridgehead atoms. The predicted octanol–water partition coefficient (Wildman–Crippen LogP) is 4.19. The van der Waals surface area contributed by atoms with E-state index in [1.165, 1.54) is 41.0 Å². The van der Waals surface area contributed by atoms with Crippen molar-refractivity contribution < 1.29 is 0 Å². The minimum atomic E-state index is -0.0770. The average Bonchev–Trinajstić information content (AvgIpc) is 2.90. The van der Waals surface area contributed by atoms with Crippen LogP contribution in [0.2, 0.25) is 0 Å². The van der Waals surface area contributed by atoms with Gasteiger partial charge in [0.15, 0.2) is 0 Å². The molecule has 1 atom stereocenters. The third-order valence-electron chi connectivity index (χ3n) is 4.09. The summed E-state index contributed by atoms with van der Waals surface area (Å²) >= 11 is 1.81. The van der Waals surface area contributed by atoms with Crippen molar-refractivity contribution in [2.45, 2.75) is 51.5 Å². The third kappa shape index (κ3) is 2.65. The van der Waals surface area contributed by atoms with Crippen molar-refractivity contribution in [1.29, 1.82) is 0 Å². The fourth-order valence-corrected chi connectivity index (χ4v) is 3.92. The largest absolute Gasteiger partial charge is 0.318 e. The minimum Gasteiger partial charge on any atom is -0.318 e. The van der Waals surface area contributed by atoms with Gasteiger partial charge < -0.3 is 5.73 Å². The van der Waals surface area contributed by atoms with Crippen molar-refractivity contribution in [3.63, 3.8) is 0 Å². The second-order valence-corrected chi connectivity index (χ2v) is 7.04. The Hall–Kier alpha value is -1.19. The lowest BCUT2D eigenvalue weighted by Crippen LogP contribution is -2.11. The Bertz CT molecular complexity index is 560. The molecule has 20 heavy (non-hydrogen) atoms. The van der Waals surface area contributed by atoms with E-state index in [0.29, 0.717) is 5.92 Å². The monoisotopic (exact) mass is 286 g/mol. The number of fused-ring (bicyclic) bond motifs is 1. The molecule has 1 unspecified atom stereocenters. The van der Waals surface area contributed by atoms with Gasteiger partial charge in [-0.15, -0.1) is 11.3 Å². The van der Waals surface area contributed by atoms with Gasteiger partial charge in [0.05, 0.1) is 11.7 Å². The van der Waals surface area contributed by atoms with Crippen LogP contribution in [-0.4, -0.2) is 4.98 Å². The first-order chi connectivity index (χ1) is 9.65. The summed E-state index contributed by atoms with van der Waals surface area (Å²) in [6, 6.07) is 8.61. The number of aromatic nitrogens is 1. The van der Waals surface area contributed by atoms with Crippen molar-refractivity contribution in [3.8, 4) is 0 Å². The van der Waals surface area contributed by atoms with E-state index < -0.39 is 0 Å². The van der Waals surface area contributed by atoms with Crippen molar-refractivity contribution in [1.82, 2.24) is 4.98 Å². The van der Waals surface area contributed by atoms with Crippen LogP contribution < -0.4 is 5.73 Å². The molecule has 1 aliphatic carbocycles. The highest BCUT2D eigenvalue weighted by molar-refractivity contribution is 7.11. The van der Waals surface area contributed by atoms with E-state index in [9.17, 15) is 0 Å². The fraction of sp³-hybridized carbons (Fsp3) is 0.471. The van der Waals surface area contributed by atoms with Crippen LogP contribution in [0.25, 0.3) is 0 Å². The molecular weight excluding hydrogens is 264 g/mol. The Morgan fingerprint density at radius 1 is 1.05 bits per heavy atom. The molecule has 0 spiro atoms. The molecule has 0 fully saturated rings. The van der Waals surface area contributed by atoms with Crippen LogP contribution in [-0.2, 0) is 12.8 Å². The number of rotatable bonds is 3. The first-order valence-electron chi connectivity index (χ1n) is 7.49. The van der Waals surface area contributed by atoms with Crippen LogP contribution in [0.15, 0.2) is 24.3 Å². The van der Waals surface area contributed by atoms with Gasteiger partial charge in [0.1, 0.15) is 5.01 Å². The summed E-state index contributed by atoms with van der Waals surface area (Å²) < 4.78 is 0. The highest BCUT2D eigenvalue weighted by atomic mass is 32.1. The summed E-state index contributed by atoms with van der Waals surface area (Å²) in [4.78, 5) is 6.24. The maximum Gasteiger partial charge on any atom is 0.114 e. The predicted molar refractivity (Wildman–Crippen MR) is 85.3 cm³/mol. The van der Waals surface area contributed by atoms with Crippen molar-refractivity contribution >= 4 is 11.3 Å². The Morgan fingerprint density at radius 2 is 1.70 bits per heavy atom. The summed E-state index contributed by atoms with van der Waals surface area (Å²) in [6.45, 7) is 4.42. The summed E-state index contributed by atoms with van der Waals surface area (Å²) in [5.74, 6) is 0.562. The Morgan fingerprint density at radius 3 is 2.35 bits per heavy atom. The van der Waals surface area contributed by atoms with Gasteiger partial charge in [-0.3, -0.25) is 0 Å². The van der Waals surface area contributed by atoms with Gasteiger partial charge >= 0.3 is 0 Å². The molecular formula is C17H22N2S. The molecule has 2 aromatic rings. The summed E-state index contributed by atoms with van der Waals surface area (Å²) in [5.41, 5.74) is 10.2. The first kappa shape index (κ1) is 13.8. The second kappa shape index (κ2) is 5.66. The van der Waals surface area contributed by atoms with Gasteiger partial charge in [-0.1, -0.05) is 38.1 Å². The average molecular weight is 286 g/mol. The fourth-order valence-electron chi connectivity index (χ4n) is 2.74. The van der Waals surface area contributed by atoms with E-state index in [1.54, 1.807) is 0 Å². The van der Waals surface area contributed by atoms with E-state index in [1.807, 2.05) is 11.3 Å². The van der Waals surface area contributed by atoms with Crippen molar-refractivity contribution in [2.24, 2.45) is 5.73 Å². The molecule has 1 heterocycles. The normalized spacial score (nSPS) is 16.2. The lowest BCUT2D eigenvalue weighted by Gasteiger charge is -2.11.